The van der Waals surface area contributed by atoms with Gasteiger partial charge in [0.15, 0.2) is 11.5 Å². The third-order valence-electron chi connectivity index (χ3n) is 6.07. The molecule has 2 heterocycles. The maximum atomic E-state index is 13.3. The van der Waals surface area contributed by atoms with E-state index in [4.69, 9.17) is 25.8 Å². The second-order valence-corrected chi connectivity index (χ2v) is 8.49. The van der Waals surface area contributed by atoms with Crippen LogP contribution in [0.1, 0.15) is 23.6 Å². The Morgan fingerprint density at radius 3 is 2.47 bits per heavy atom. The normalized spacial score (nSPS) is 16.9. The van der Waals surface area contributed by atoms with E-state index in [0.29, 0.717) is 35.8 Å². The average Bonchev–Trinajstić information content (AvgIpc) is 3.50. The van der Waals surface area contributed by atoms with E-state index in [0.717, 1.165) is 0 Å². The van der Waals surface area contributed by atoms with Crippen LogP contribution in [0.5, 0.6) is 17.2 Å². The van der Waals surface area contributed by atoms with Crippen molar-refractivity contribution in [1.82, 2.24) is 14.5 Å². The van der Waals surface area contributed by atoms with Crippen LogP contribution in [0.4, 0.5) is 0 Å². The molecule has 0 bridgehead atoms. The number of Topliss-reactive ketones (excluding diaryl/α,β-unsaturated/α-hetero) is 1. The maximum Gasteiger partial charge on any atom is 0.295 e. The Morgan fingerprint density at radius 1 is 1.06 bits per heavy atom. The summed E-state index contributed by atoms with van der Waals surface area (Å²) < 4.78 is 18.1. The highest BCUT2D eigenvalue weighted by atomic mass is 35.5. The zero-order chi connectivity index (χ0) is 25.8. The fourth-order valence-electron chi connectivity index (χ4n) is 4.37. The summed E-state index contributed by atoms with van der Waals surface area (Å²) in [6.45, 7) is 0.854. The second-order valence-electron chi connectivity index (χ2n) is 8.08. The fourth-order valence-corrected chi connectivity index (χ4v) is 4.63. The van der Waals surface area contributed by atoms with E-state index in [2.05, 4.69) is 4.98 Å². The summed E-state index contributed by atoms with van der Waals surface area (Å²) in [5.41, 5.74) is 0.735. The summed E-state index contributed by atoms with van der Waals surface area (Å²) in [5.74, 6) is -0.630. The quantitative estimate of drug-likeness (QED) is 0.262. The number of hydrogen-bond acceptors (Lipinski definition) is 7. The number of imidazole rings is 1. The first-order valence-corrected chi connectivity index (χ1v) is 11.6. The molecule has 36 heavy (non-hydrogen) atoms. The van der Waals surface area contributed by atoms with Crippen LogP contribution < -0.4 is 14.2 Å². The van der Waals surface area contributed by atoms with Gasteiger partial charge >= 0.3 is 0 Å². The van der Waals surface area contributed by atoms with Crippen molar-refractivity contribution in [2.45, 2.75) is 19.0 Å². The summed E-state index contributed by atoms with van der Waals surface area (Å²) in [6, 6.07) is 8.95. The van der Waals surface area contributed by atoms with Crippen LogP contribution in [0, 0.1) is 0 Å². The molecule has 1 N–H and O–H groups in total. The molecule has 1 fully saturated rings. The van der Waals surface area contributed by atoms with Crippen molar-refractivity contribution in [3.05, 3.63) is 76.8 Å². The van der Waals surface area contributed by atoms with E-state index in [-0.39, 0.29) is 28.5 Å². The Bertz CT molecular complexity index is 1310. The van der Waals surface area contributed by atoms with Gasteiger partial charge in [-0.2, -0.15) is 0 Å². The zero-order valence-corrected chi connectivity index (χ0v) is 20.9. The van der Waals surface area contributed by atoms with Crippen LogP contribution in [0.3, 0.4) is 0 Å². The first kappa shape index (κ1) is 25.1. The second kappa shape index (κ2) is 10.7. The van der Waals surface area contributed by atoms with Gasteiger partial charge in [0.05, 0.1) is 44.3 Å². The van der Waals surface area contributed by atoms with Crippen molar-refractivity contribution in [2.24, 2.45) is 0 Å². The van der Waals surface area contributed by atoms with Crippen LogP contribution in [0.25, 0.3) is 5.76 Å². The lowest BCUT2D eigenvalue weighted by Crippen LogP contribution is -2.31. The van der Waals surface area contributed by atoms with Crippen LogP contribution in [-0.2, 0) is 16.1 Å². The number of nitrogens with zero attached hydrogens (tertiary/aromatic N) is 3. The van der Waals surface area contributed by atoms with Gasteiger partial charge in [-0.25, -0.2) is 4.98 Å². The number of rotatable bonds is 9. The number of halogens is 1. The predicted octanol–water partition coefficient (Wildman–Crippen LogP) is 4.07. The Hall–Kier alpha value is -3.98. The molecule has 4 rings (SSSR count). The number of ketones is 1. The summed E-state index contributed by atoms with van der Waals surface area (Å²) in [5, 5.41) is 11.6. The minimum absolute atomic E-state index is 0.0598. The molecule has 2 aromatic carbocycles. The molecule has 0 aliphatic carbocycles. The van der Waals surface area contributed by atoms with E-state index in [1.54, 1.807) is 42.9 Å². The number of ether oxygens (including phenoxy) is 3. The number of methoxy groups -OCH3 is 3. The molecule has 0 saturated carbocycles. The van der Waals surface area contributed by atoms with E-state index in [1.165, 1.54) is 32.3 Å². The molecule has 188 valence electrons. The predicted molar refractivity (Wildman–Crippen MR) is 133 cm³/mol. The number of carbonyl (C=O) groups is 2. The maximum absolute atomic E-state index is 13.3. The Labute approximate surface area is 213 Å². The molecule has 1 amide bonds. The van der Waals surface area contributed by atoms with Crippen LogP contribution in [-0.4, -0.2) is 59.1 Å². The molecule has 1 atom stereocenters. The van der Waals surface area contributed by atoms with Gasteiger partial charge in [0.1, 0.15) is 11.5 Å². The van der Waals surface area contributed by atoms with Gasteiger partial charge in [-0.1, -0.05) is 23.7 Å². The molecule has 1 aliphatic rings. The molecule has 1 aromatic heterocycles. The summed E-state index contributed by atoms with van der Waals surface area (Å²) >= 11 is 6.27. The van der Waals surface area contributed by atoms with E-state index >= 15 is 0 Å². The van der Waals surface area contributed by atoms with Crippen LogP contribution >= 0.6 is 11.6 Å². The van der Waals surface area contributed by atoms with Crippen LogP contribution in [0.2, 0.25) is 5.02 Å². The molecule has 0 unspecified atom stereocenters. The minimum atomic E-state index is -0.904. The Morgan fingerprint density at radius 2 is 1.83 bits per heavy atom. The molecular formula is C26H26ClN3O6. The first-order valence-electron chi connectivity index (χ1n) is 11.2. The first-order chi connectivity index (χ1) is 17.4. The molecule has 9 nitrogen and oxygen atoms in total. The van der Waals surface area contributed by atoms with Crippen molar-refractivity contribution in [3.63, 3.8) is 0 Å². The average molecular weight is 512 g/mol. The summed E-state index contributed by atoms with van der Waals surface area (Å²) in [4.78, 5) is 32.0. The third-order valence-corrected chi connectivity index (χ3v) is 6.36. The molecule has 1 saturated heterocycles. The highest BCUT2D eigenvalue weighted by Crippen LogP contribution is 2.45. The summed E-state index contributed by atoms with van der Waals surface area (Å²) in [7, 11) is 4.46. The van der Waals surface area contributed by atoms with E-state index in [9.17, 15) is 14.7 Å². The Kier molecular flexibility index (Phi) is 7.49. The highest BCUT2D eigenvalue weighted by Gasteiger charge is 2.47. The van der Waals surface area contributed by atoms with E-state index < -0.39 is 17.7 Å². The summed E-state index contributed by atoms with van der Waals surface area (Å²) in [6.07, 6.45) is 5.74. The largest absolute Gasteiger partial charge is 0.507 e. The van der Waals surface area contributed by atoms with Crippen LogP contribution in [0.15, 0.2) is 60.7 Å². The minimum Gasteiger partial charge on any atom is -0.507 e. The number of aliphatic hydroxyl groups excluding tert-OH is 1. The lowest BCUT2D eigenvalue weighted by molar-refractivity contribution is -0.140. The van der Waals surface area contributed by atoms with E-state index in [1.807, 2.05) is 10.8 Å². The SMILES string of the molecule is COc1ccc(/C(O)=C2\C(=O)C(=O)N(CCCn3ccnc3)[C@@H]2c2cccc(OC)c2OC)cc1Cl. The molecule has 0 radical (unpaired) electrons. The topological polar surface area (TPSA) is 103 Å². The molecule has 3 aromatic rings. The lowest BCUT2D eigenvalue weighted by atomic mass is 9.94. The highest BCUT2D eigenvalue weighted by molar-refractivity contribution is 6.46. The van der Waals surface area contributed by atoms with Gasteiger partial charge in [-0.3, -0.25) is 9.59 Å². The lowest BCUT2D eigenvalue weighted by Gasteiger charge is -2.27. The number of hydrogen-bond donors (Lipinski definition) is 1. The Balaban J connectivity index is 1.83. The van der Waals surface area contributed by atoms with Crippen molar-refractivity contribution < 1.29 is 28.9 Å². The van der Waals surface area contributed by atoms with Gasteiger partial charge in [-0.15, -0.1) is 0 Å². The number of aromatic nitrogens is 2. The standard InChI is InChI=1S/C26H26ClN3O6/c1-34-19-9-8-16(14-18(19)27)23(31)21-22(17-6-4-7-20(35-2)25(17)36-3)30(26(33)24(21)32)12-5-11-29-13-10-28-15-29/h4,6-10,13-15,22,31H,5,11-12H2,1-3H3/b23-21+/t22-/m1/s1. The van der Waals surface area contributed by atoms with Gasteiger partial charge in [0, 0.05) is 36.6 Å². The zero-order valence-electron chi connectivity index (χ0n) is 20.1. The number of amides is 1. The third kappa shape index (κ3) is 4.61. The van der Waals surface area contributed by atoms with Crippen molar-refractivity contribution in [3.8, 4) is 17.2 Å². The fraction of sp³-hybridized carbons (Fsp3) is 0.269. The van der Waals surface area contributed by atoms with Crippen molar-refractivity contribution >= 4 is 29.1 Å². The smallest absolute Gasteiger partial charge is 0.295 e. The number of aliphatic hydroxyl groups is 1. The van der Waals surface area contributed by atoms with Crippen molar-refractivity contribution in [2.75, 3.05) is 27.9 Å². The monoisotopic (exact) mass is 511 g/mol. The van der Waals surface area contributed by atoms with Gasteiger partial charge in [0.2, 0.25) is 0 Å². The molecule has 0 spiro atoms. The number of carbonyl (C=O) groups excluding carboxylic acids is 2. The van der Waals surface area contributed by atoms with Gasteiger partial charge in [-0.05, 0) is 30.7 Å². The van der Waals surface area contributed by atoms with Crippen molar-refractivity contribution in [1.29, 1.82) is 0 Å². The molecular weight excluding hydrogens is 486 g/mol. The number of aryl methyl sites for hydroxylation is 1. The molecule has 1 aliphatic heterocycles. The van der Waals surface area contributed by atoms with Gasteiger partial charge < -0.3 is 28.8 Å². The number of likely N-dealkylation sites (tertiary alicyclic amines) is 1. The van der Waals surface area contributed by atoms with Gasteiger partial charge in [0.25, 0.3) is 11.7 Å². The number of para-hydroxylation sites is 1. The molecule has 10 heteroatoms. The number of benzene rings is 2.